The molecule has 1 aliphatic heterocycles. The van der Waals surface area contributed by atoms with Crippen LogP contribution in [0.15, 0.2) is 24.3 Å². The molecule has 1 heterocycles. The van der Waals surface area contributed by atoms with Gasteiger partial charge in [0.2, 0.25) is 5.91 Å². The van der Waals surface area contributed by atoms with Crippen molar-refractivity contribution >= 4 is 11.6 Å². The first-order chi connectivity index (χ1) is 9.63. The van der Waals surface area contributed by atoms with Crippen LogP contribution in [0.5, 0.6) is 0 Å². The van der Waals surface area contributed by atoms with Crippen molar-refractivity contribution < 1.29 is 4.79 Å². The van der Waals surface area contributed by atoms with Crippen LogP contribution in [-0.2, 0) is 4.79 Å². The van der Waals surface area contributed by atoms with Gasteiger partial charge in [-0.15, -0.1) is 0 Å². The molecule has 0 aromatic heterocycles. The highest BCUT2D eigenvalue weighted by molar-refractivity contribution is 5.94. The van der Waals surface area contributed by atoms with Crippen molar-refractivity contribution in [1.29, 1.82) is 5.26 Å². The molecule has 4 nitrogen and oxygen atoms in total. The maximum absolute atomic E-state index is 12.2. The third-order valence-corrected chi connectivity index (χ3v) is 4.10. The Morgan fingerprint density at radius 1 is 1.50 bits per heavy atom. The Morgan fingerprint density at radius 2 is 2.20 bits per heavy atom. The molecule has 0 bridgehead atoms. The summed E-state index contributed by atoms with van der Waals surface area (Å²) in [6, 6.07) is 8.91. The van der Waals surface area contributed by atoms with E-state index in [0.29, 0.717) is 5.56 Å². The quantitative estimate of drug-likeness (QED) is 0.915. The van der Waals surface area contributed by atoms with Crippen LogP contribution < -0.4 is 5.32 Å². The van der Waals surface area contributed by atoms with Gasteiger partial charge in [0, 0.05) is 12.2 Å². The first-order valence-electron chi connectivity index (χ1n) is 7.19. The molecule has 1 aromatic rings. The number of amides is 1. The zero-order valence-electron chi connectivity index (χ0n) is 12.1. The Hall–Kier alpha value is -1.86. The lowest BCUT2D eigenvalue weighted by Crippen LogP contribution is -2.40. The Bertz CT molecular complexity index is 503. The normalized spacial score (nSPS) is 20.4. The van der Waals surface area contributed by atoms with E-state index in [1.165, 1.54) is 12.8 Å². The zero-order valence-corrected chi connectivity index (χ0v) is 12.1. The van der Waals surface area contributed by atoms with Crippen LogP contribution >= 0.6 is 0 Å². The summed E-state index contributed by atoms with van der Waals surface area (Å²) in [7, 11) is 0. The number of carbonyl (C=O) groups excluding carboxylic acids is 1. The summed E-state index contributed by atoms with van der Waals surface area (Å²) in [5, 5.41) is 11.7. The molecule has 1 saturated heterocycles. The zero-order chi connectivity index (χ0) is 14.5. The summed E-state index contributed by atoms with van der Waals surface area (Å²) in [6.07, 6.45) is 2.37. The molecule has 20 heavy (non-hydrogen) atoms. The summed E-state index contributed by atoms with van der Waals surface area (Å²) in [5.41, 5.74) is 1.34. The van der Waals surface area contributed by atoms with Gasteiger partial charge in [-0.05, 0) is 50.1 Å². The largest absolute Gasteiger partial charge is 0.325 e. The first-order valence-corrected chi connectivity index (χ1v) is 7.19. The van der Waals surface area contributed by atoms with Gasteiger partial charge in [-0.1, -0.05) is 13.3 Å². The van der Waals surface area contributed by atoms with Crippen molar-refractivity contribution in [1.82, 2.24) is 4.90 Å². The molecule has 106 valence electrons. The van der Waals surface area contributed by atoms with Crippen molar-refractivity contribution in [2.75, 3.05) is 18.4 Å². The highest BCUT2D eigenvalue weighted by Crippen LogP contribution is 2.21. The number of carbonyl (C=O) groups is 1. The number of nitrogens with one attached hydrogen (secondary N) is 1. The number of hydrogen-bond acceptors (Lipinski definition) is 3. The maximum atomic E-state index is 12.2. The molecule has 2 rings (SSSR count). The van der Waals surface area contributed by atoms with Crippen LogP contribution in [0.1, 0.15) is 32.3 Å². The van der Waals surface area contributed by atoms with Gasteiger partial charge in [-0.25, -0.2) is 0 Å². The average molecular weight is 271 g/mol. The van der Waals surface area contributed by atoms with Gasteiger partial charge in [0.15, 0.2) is 0 Å². The number of nitriles is 1. The Kier molecular flexibility index (Phi) is 4.75. The van der Waals surface area contributed by atoms with Crippen molar-refractivity contribution in [2.24, 2.45) is 5.92 Å². The van der Waals surface area contributed by atoms with E-state index in [9.17, 15) is 4.79 Å². The molecule has 1 N–H and O–H groups in total. The molecule has 4 heteroatoms. The van der Waals surface area contributed by atoms with Gasteiger partial charge in [0.05, 0.1) is 17.7 Å². The summed E-state index contributed by atoms with van der Waals surface area (Å²) >= 11 is 0. The van der Waals surface area contributed by atoms with E-state index in [2.05, 4.69) is 23.2 Å². The van der Waals surface area contributed by atoms with Gasteiger partial charge < -0.3 is 5.32 Å². The first kappa shape index (κ1) is 14.5. The molecule has 0 aliphatic carbocycles. The predicted molar refractivity (Wildman–Crippen MR) is 79.2 cm³/mol. The topological polar surface area (TPSA) is 56.1 Å². The SMILES string of the molecule is CCC1CCN(C(C)C(=O)Nc2ccc(C#N)cc2)C1. The molecule has 1 amide bonds. The fourth-order valence-electron chi connectivity index (χ4n) is 2.59. The van der Waals surface area contributed by atoms with Gasteiger partial charge in [0.25, 0.3) is 0 Å². The lowest BCUT2D eigenvalue weighted by atomic mass is 10.1. The van der Waals surface area contributed by atoms with Crippen LogP contribution in [0, 0.1) is 17.2 Å². The van der Waals surface area contributed by atoms with E-state index in [0.717, 1.165) is 24.7 Å². The number of anilines is 1. The minimum atomic E-state index is -0.109. The van der Waals surface area contributed by atoms with E-state index in [4.69, 9.17) is 5.26 Å². The summed E-state index contributed by atoms with van der Waals surface area (Å²) in [5.74, 6) is 0.742. The van der Waals surface area contributed by atoms with Gasteiger partial charge in [-0.3, -0.25) is 9.69 Å². The molecule has 0 saturated carbocycles. The highest BCUT2D eigenvalue weighted by Gasteiger charge is 2.28. The van der Waals surface area contributed by atoms with E-state index in [-0.39, 0.29) is 11.9 Å². The second-order valence-corrected chi connectivity index (χ2v) is 5.41. The molecule has 0 spiro atoms. The second kappa shape index (κ2) is 6.53. The molecule has 1 fully saturated rings. The van der Waals surface area contributed by atoms with Crippen LogP contribution in [0.3, 0.4) is 0 Å². The lowest BCUT2D eigenvalue weighted by Gasteiger charge is -2.23. The Morgan fingerprint density at radius 3 is 2.75 bits per heavy atom. The fourth-order valence-corrected chi connectivity index (χ4v) is 2.59. The number of nitrogens with zero attached hydrogens (tertiary/aromatic N) is 2. The minimum Gasteiger partial charge on any atom is -0.325 e. The number of likely N-dealkylation sites (tertiary alicyclic amines) is 1. The third kappa shape index (κ3) is 3.37. The van der Waals surface area contributed by atoms with Crippen LogP contribution in [0.4, 0.5) is 5.69 Å². The van der Waals surface area contributed by atoms with Gasteiger partial charge in [0.1, 0.15) is 0 Å². The molecule has 0 radical (unpaired) electrons. The van der Waals surface area contributed by atoms with Crippen molar-refractivity contribution in [3.8, 4) is 6.07 Å². The fraction of sp³-hybridized carbons (Fsp3) is 0.500. The average Bonchev–Trinajstić information content (AvgIpc) is 2.96. The molecular weight excluding hydrogens is 250 g/mol. The van der Waals surface area contributed by atoms with Gasteiger partial charge >= 0.3 is 0 Å². The van der Waals surface area contributed by atoms with Crippen molar-refractivity contribution in [2.45, 2.75) is 32.7 Å². The van der Waals surface area contributed by atoms with Crippen LogP contribution in [0.2, 0.25) is 0 Å². The second-order valence-electron chi connectivity index (χ2n) is 5.41. The third-order valence-electron chi connectivity index (χ3n) is 4.10. The molecule has 2 unspecified atom stereocenters. The molecule has 1 aromatic carbocycles. The Balaban J connectivity index is 1.92. The lowest BCUT2D eigenvalue weighted by molar-refractivity contribution is -0.120. The van der Waals surface area contributed by atoms with Gasteiger partial charge in [-0.2, -0.15) is 5.26 Å². The molecule has 1 aliphatic rings. The minimum absolute atomic E-state index is 0.0199. The highest BCUT2D eigenvalue weighted by atomic mass is 16.2. The standard InChI is InChI=1S/C16H21N3O/c1-3-13-8-9-19(11-13)12(2)16(20)18-15-6-4-14(10-17)5-7-15/h4-7,12-13H,3,8-9,11H2,1-2H3,(H,18,20). The summed E-state index contributed by atoms with van der Waals surface area (Å²) in [6.45, 7) is 6.17. The smallest absolute Gasteiger partial charge is 0.241 e. The maximum Gasteiger partial charge on any atom is 0.241 e. The number of benzene rings is 1. The van der Waals surface area contributed by atoms with Crippen LogP contribution in [0.25, 0.3) is 0 Å². The summed E-state index contributed by atoms with van der Waals surface area (Å²) < 4.78 is 0. The van der Waals surface area contributed by atoms with E-state index < -0.39 is 0 Å². The monoisotopic (exact) mass is 271 g/mol. The van der Waals surface area contributed by atoms with Crippen molar-refractivity contribution in [3.63, 3.8) is 0 Å². The predicted octanol–water partition coefficient (Wildman–Crippen LogP) is 2.62. The molecular formula is C16H21N3O. The van der Waals surface area contributed by atoms with Crippen molar-refractivity contribution in [3.05, 3.63) is 29.8 Å². The number of rotatable bonds is 4. The number of hydrogen-bond donors (Lipinski definition) is 1. The van der Waals surface area contributed by atoms with E-state index in [1.807, 2.05) is 6.92 Å². The van der Waals surface area contributed by atoms with E-state index >= 15 is 0 Å². The van der Waals surface area contributed by atoms with Crippen LogP contribution in [-0.4, -0.2) is 29.9 Å². The summed E-state index contributed by atoms with van der Waals surface area (Å²) in [4.78, 5) is 14.5. The Labute approximate surface area is 120 Å². The molecule has 2 atom stereocenters. The van der Waals surface area contributed by atoms with E-state index in [1.54, 1.807) is 24.3 Å².